The predicted octanol–water partition coefficient (Wildman–Crippen LogP) is 3.27. The molecule has 0 N–H and O–H groups in total. The van der Waals surface area contributed by atoms with Crippen LogP contribution in [-0.4, -0.2) is 5.78 Å². The number of ketones is 1. The highest BCUT2D eigenvalue weighted by atomic mass is 79.9. The molecule has 0 aliphatic heterocycles. The average molecular weight is 243 g/mol. The molecular weight excluding hydrogens is 239 g/mol. The van der Waals surface area contributed by atoms with Gasteiger partial charge in [0.1, 0.15) is 0 Å². The van der Waals surface area contributed by atoms with E-state index in [4.69, 9.17) is 11.6 Å². The van der Waals surface area contributed by atoms with Crippen LogP contribution in [0.1, 0.15) is 15.9 Å². The lowest BCUT2D eigenvalue weighted by Crippen LogP contribution is -1.93. The van der Waals surface area contributed by atoms with Gasteiger partial charge in [0.15, 0.2) is 0 Å². The van der Waals surface area contributed by atoms with Crippen molar-refractivity contribution in [2.24, 2.45) is 0 Å². The Hall–Kier alpha value is -0.600. The molecule has 0 fully saturated rings. The van der Waals surface area contributed by atoms with Crippen LogP contribution in [0.4, 0.5) is 0 Å². The summed E-state index contributed by atoms with van der Waals surface area (Å²) < 4.78 is 0.597. The van der Waals surface area contributed by atoms with Gasteiger partial charge in [0.2, 0.25) is 5.78 Å². The Morgan fingerprint density at radius 1 is 1.33 bits per heavy atom. The number of rotatable bonds is 0. The molecule has 0 aromatic heterocycles. The van der Waals surface area contributed by atoms with Crippen LogP contribution in [0.5, 0.6) is 0 Å². The number of allylic oxidation sites excluding steroid dienone is 1. The summed E-state index contributed by atoms with van der Waals surface area (Å²) in [7, 11) is 0. The molecule has 1 aliphatic rings. The summed E-state index contributed by atoms with van der Waals surface area (Å²) in [5.74, 6) is 0.0293. The Bertz CT molecular complexity index is 396. The van der Waals surface area contributed by atoms with Gasteiger partial charge < -0.3 is 0 Å². The molecule has 1 aromatic rings. The van der Waals surface area contributed by atoms with E-state index in [2.05, 4.69) is 15.9 Å². The summed E-state index contributed by atoms with van der Waals surface area (Å²) in [5, 5.41) is 0.653. The SMILES string of the molecule is O=C1C(Br)=Cc2cc(Cl)ccc21. The Morgan fingerprint density at radius 3 is 2.83 bits per heavy atom. The van der Waals surface area contributed by atoms with Crippen LogP contribution in [0, 0.1) is 0 Å². The topological polar surface area (TPSA) is 17.1 Å². The first-order chi connectivity index (χ1) is 5.68. The number of benzene rings is 1. The van der Waals surface area contributed by atoms with Crippen molar-refractivity contribution in [1.29, 1.82) is 0 Å². The van der Waals surface area contributed by atoms with E-state index in [1.165, 1.54) is 0 Å². The zero-order chi connectivity index (χ0) is 8.72. The van der Waals surface area contributed by atoms with Crippen LogP contribution in [0.2, 0.25) is 5.02 Å². The van der Waals surface area contributed by atoms with E-state index in [-0.39, 0.29) is 5.78 Å². The van der Waals surface area contributed by atoms with Gasteiger partial charge in [-0.25, -0.2) is 0 Å². The third-order valence-corrected chi connectivity index (χ3v) is 2.58. The molecule has 0 bridgehead atoms. The van der Waals surface area contributed by atoms with Gasteiger partial charge in [-0.05, 0) is 45.8 Å². The third-order valence-electron chi connectivity index (χ3n) is 1.76. The molecule has 0 amide bonds. The monoisotopic (exact) mass is 242 g/mol. The van der Waals surface area contributed by atoms with Gasteiger partial charge in [0, 0.05) is 10.6 Å². The maximum Gasteiger partial charge on any atom is 0.200 e. The van der Waals surface area contributed by atoms with Crippen molar-refractivity contribution in [1.82, 2.24) is 0 Å². The standard InChI is InChI=1S/C9H4BrClO/c10-8-4-5-3-6(11)1-2-7(5)9(8)12/h1-4H. The fourth-order valence-corrected chi connectivity index (χ4v) is 1.83. The molecule has 3 heteroatoms. The van der Waals surface area contributed by atoms with Crippen LogP contribution >= 0.6 is 27.5 Å². The van der Waals surface area contributed by atoms with Crippen LogP contribution in [-0.2, 0) is 0 Å². The van der Waals surface area contributed by atoms with Crippen LogP contribution in [0.25, 0.3) is 6.08 Å². The van der Waals surface area contributed by atoms with E-state index < -0.39 is 0 Å². The second-order valence-electron chi connectivity index (χ2n) is 2.55. The van der Waals surface area contributed by atoms with Gasteiger partial charge in [-0.1, -0.05) is 11.6 Å². The fraction of sp³-hybridized carbons (Fsp3) is 0. The number of hydrogen-bond donors (Lipinski definition) is 0. The molecule has 12 heavy (non-hydrogen) atoms. The summed E-state index contributed by atoms with van der Waals surface area (Å²) in [6.07, 6.45) is 1.78. The van der Waals surface area contributed by atoms with Gasteiger partial charge in [-0.15, -0.1) is 0 Å². The van der Waals surface area contributed by atoms with Crippen molar-refractivity contribution in [2.45, 2.75) is 0 Å². The van der Waals surface area contributed by atoms with Gasteiger partial charge in [0.05, 0.1) is 4.48 Å². The highest BCUT2D eigenvalue weighted by Crippen LogP contribution is 2.30. The van der Waals surface area contributed by atoms with Crippen molar-refractivity contribution >= 4 is 39.4 Å². The lowest BCUT2D eigenvalue weighted by atomic mass is 10.1. The van der Waals surface area contributed by atoms with Crippen molar-refractivity contribution in [3.63, 3.8) is 0 Å². The van der Waals surface area contributed by atoms with Crippen molar-refractivity contribution < 1.29 is 4.79 Å². The number of Topliss-reactive ketones (excluding diaryl/α,β-unsaturated/α-hetero) is 1. The molecular formula is C9H4BrClO. The van der Waals surface area contributed by atoms with E-state index in [1.54, 1.807) is 24.3 Å². The largest absolute Gasteiger partial charge is 0.288 e. The molecule has 1 aliphatic carbocycles. The lowest BCUT2D eigenvalue weighted by Gasteiger charge is -1.95. The second kappa shape index (κ2) is 2.71. The van der Waals surface area contributed by atoms with Crippen molar-refractivity contribution in [3.8, 4) is 0 Å². The molecule has 0 radical (unpaired) electrons. The molecule has 0 heterocycles. The zero-order valence-corrected chi connectivity index (χ0v) is 8.32. The second-order valence-corrected chi connectivity index (χ2v) is 3.84. The van der Waals surface area contributed by atoms with Gasteiger partial charge in [0.25, 0.3) is 0 Å². The smallest absolute Gasteiger partial charge is 0.200 e. The van der Waals surface area contributed by atoms with Gasteiger partial charge >= 0.3 is 0 Å². The number of fused-ring (bicyclic) bond motifs is 1. The van der Waals surface area contributed by atoms with E-state index in [0.29, 0.717) is 15.1 Å². The van der Waals surface area contributed by atoms with Crippen LogP contribution in [0.15, 0.2) is 22.7 Å². The maximum atomic E-state index is 11.3. The maximum absolute atomic E-state index is 11.3. The minimum absolute atomic E-state index is 0.0293. The first kappa shape index (κ1) is 8.02. The minimum atomic E-state index is 0.0293. The molecule has 0 unspecified atom stereocenters. The molecule has 1 nitrogen and oxygen atoms in total. The Kier molecular flexibility index (Phi) is 1.81. The van der Waals surface area contributed by atoms with Gasteiger partial charge in [-0.3, -0.25) is 4.79 Å². The number of carbonyl (C=O) groups is 1. The van der Waals surface area contributed by atoms with E-state index in [1.807, 2.05) is 0 Å². The zero-order valence-electron chi connectivity index (χ0n) is 5.97. The summed E-state index contributed by atoms with van der Waals surface area (Å²) in [6, 6.07) is 5.24. The number of carbonyl (C=O) groups excluding carboxylic acids is 1. The molecule has 2 rings (SSSR count). The molecule has 0 saturated carbocycles. The quantitative estimate of drug-likeness (QED) is 0.683. The highest BCUT2D eigenvalue weighted by molar-refractivity contribution is 9.12. The van der Waals surface area contributed by atoms with Crippen LogP contribution < -0.4 is 0 Å². The number of hydrogen-bond acceptors (Lipinski definition) is 1. The lowest BCUT2D eigenvalue weighted by molar-refractivity contribution is 0.104. The molecule has 1 aromatic carbocycles. The predicted molar refractivity (Wildman–Crippen MR) is 52.7 cm³/mol. The highest BCUT2D eigenvalue weighted by Gasteiger charge is 2.19. The Morgan fingerprint density at radius 2 is 2.08 bits per heavy atom. The van der Waals surface area contributed by atoms with Crippen LogP contribution in [0.3, 0.4) is 0 Å². The summed E-state index contributed by atoms with van der Waals surface area (Å²) >= 11 is 8.94. The first-order valence-corrected chi connectivity index (χ1v) is 4.57. The van der Waals surface area contributed by atoms with Gasteiger partial charge in [-0.2, -0.15) is 0 Å². The normalized spacial score (nSPS) is 14.5. The average Bonchev–Trinajstić information content (AvgIpc) is 2.28. The third kappa shape index (κ3) is 1.11. The number of halogens is 2. The molecule has 60 valence electrons. The molecule has 0 atom stereocenters. The Balaban J connectivity index is 2.65. The molecule has 0 spiro atoms. The van der Waals surface area contributed by atoms with E-state index in [0.717, 1.165) is 5.56 Å². The van der Waals surface area contributed by atoms with E-state index in [9.17, 15) is 4.79 Å². The van der Waals surface area contributed by atoms with Crippen molar-refractivity contribution in [3.05, 3.63) is 38.8 Å². The van der Waals surface area contributed by atoms with Crippen molar-refractivity contribution in [2.75, 3.05) is 0 Å². The molecule has 0 saturated heterocycles. The van der Waals surface area contributed by atoms with E-state index >= 15 is 0 Å². The first-order valence-electron chi connectivity index (χ1n) is 3.40. The summed E-state index contributed by atoms with van der Waals surface area (Å²) in [6.45, 7) is 0. The summed E-state index contributed by atoms with van der Waals surface area (Å²) in [4.78, 5) is 11.3. The minimum Gasteiger partial charge on any atom is -0.288 e. The summed E-state index contributed by atoms with van der Waals surface area (Å²) in [5.41, 5.74) is 1.60. The fourth-order valence-electron chi connectivity index (χ4n) is 1.19. The Labute approximate surface area is 83.2 Å².